The molecule has 1 aromatic heterocycles. The molecule has 7 nitrogen and oxygen atoms in total. The summed E-state index contributed by atoms with van der Waals surface area (Å²) < 4.78 is 30.3. The highest BCUT2D eigenvalue weighted by molar-refractivity contribution is 5.93. The van der Waals surface area contributed by atoms with Crippen LogP contribution in [0.5, 0.6) is 0 Å². The third-order valence-corrected chi connectivity index (χ3v) is 5.50. The molecule has 9 heteroatoms. The number of rotatable bonds is 2. The van der Waals surface area contributed by atoms with E-state index in [1.165, 1.54) is 9.58 Å². The van der Waals surface area contributed by atoms with E-state index in [9.17, 15) is 23.5 Å². The molecule has 0 unspecified atom stereocenters. The summed E-state index contributed by atoms with van der Waals surface area (Å²) in [5, 5.41) is 14.5. The van der Waals surface area contributed by atoms with Crippen molar-refractivity contribution < 1.29 is 23.5 Å². The Balaban J connectivity index is 1.75. The van der Waals surface area contributed by atoms with Crippen LogP contribution in [0.4, 0.5) is 8.78 Å². The van der Waals surface area contributed by atoms with Crippen molar-refractivity contribution in [3.05, 3.63) is 46.8 Å². The molecule has 1 atom stereocenters. The minimum atomic E-state index is -3.17. The van der Waals surface area contributed by atoms with Crippen molar-refractivity contribution in [3.63, 3.8) is 0 Å². The predicted molar refractivity (Wildman–Crippen MR) is 103 cm³/mol. The van der Waals surface area contributed by atoms with E-state index in [0.29, 0.717) is 24.2 Å². The molecule has 156 valence electrons. The minimum Gasteiger partial charge on any atom is -0.369 e. The summed E-state index contributed by atoms with van der Waals surface area (Å²) in [5.74, 6) is 0.770. The molecule has 2 heterocycles. The van der Waals surface area contributed by atoms with Crippen LogP contribution in [0.2, 0.25) is 0 Å². The van der Waals surface area contributed by atoms with E-state index >= 15 is 0 Å². The van der Waals surface area contributed by atoms with Gasteiger partial charge >= 0.3 is 0 Å². The smallest absolute Gasteiger partial charge is 0.277 e. The van der Waals surface area contributed by atoms with Gasteiger partial charge < -0.3 is 15.7 Å². The largest absolute Gasteiger partial charge is 0.369 e. The molecule has 30 heavy (non-hydrogen) atoms. The van der Waals surface area contributed by atoms with Crippen LogP contribution in [0.3, 0.4) is 0 Å². The Bertz CT molecular complexity index is 1120. The monoisotopic (exact) mass is 414 g/mol. The van der Waals surface area contributed by atoms with Gasteiger partial charge in [-0.3, -0.25) is 9.59 Å². The minimum absolute atomic E-state index is 0.207. The first kappa shape index (κ1) is 20.0. The number of nitrogens with two attached hydrogens (primary N) is 1. The van der Waals surface area contributed by atoms with Gasteiger partial charge in [-0.15, -0.1) is 0 Å². The average molecular weight is 414 g/mol. The number of amides is 2. The number of benzene rings is 1. The van der Waals surface area contributed by atoms with Crippen molar-refractivity contribution in [2.24, 2.45) is 5.73 Å². The van der Waals surface area contributed by atoms with Gasteiger partial charge in [0.2, 0.25) is 5.60 Å². The van der Waals surface area contributed by atoms with Crippen LogP contribution in [0, 0.1) is 11.8 Å². The normalized spacial score (nSPS) is 22.4. The van der Waals surface area contributed by atoms with Crippen molar-refractivity contribution in [1.29, 1.82) is 0 Å². The Kier molecular flexibility index (Phi) is 4.62. The lowest BCUT2D eigenvalue weighted by Gasteiger charge is -2.23. The van der Waals surface area contributed by atoms with Crippen LogP contribution in [0.15, 0.2) is 24.3 Å². The molecule has 2 aliphatic rings. The van der Waals surface area contributed by atoms with Gasteiger partial charge in [0.15, 0.2) is 5.69 Å². The summed E-state index contributed by atoms with van der Waals surface area (Å²) in [6.07, 6.45) is 0.436. The molecular formula is C21H20F2N4O3. The van der Waals surface area contributed by atoms with Crippen molar-refractivity contribution in [3.8, 4) is 17.5 Å². The Morgan fingerprint density at radius 3 is 2.77 bits per heavy atom. The molecule has 0 spiro atoms. The van der Waals surface area contributed by atoms with Gasteiger partial charge in [-0.1, -0.05) is 17.9 Å². The number of likely N-dealkylation sites (tertiary alicyclic amines) is 1. The number of likely N-dealkylation sites (N-methyl/N-ethyl adjacent to an activating group) is 1. The van der Waals surface area contributed by atoms with Gasteiger partial charge in [-0.2, -0.15) is 5.10 Å². The van der Waals surface area contributed by atoms with Crippen molar-refractivity contribution in [1.82, 2.24) is 14.7 Å². The van der Waals surface area contributed by atoms with Crippen molar-refractivity contribution >= 4 is 11.8 Å². The molecule has 2 aromatic rings. The molecule has 0 bridgehead atoms. The van der Waals surface area contributed by atoms with E-state index in [1.807, 2.05) is 0 Å². The second kappa shape index (κ2) is 6.92. The number of aliphatic hydroxyl groups is 1. The standard InChI is InChI=1S/C21H20F2N4O3/c1-26-11-10-20(30,19(26)29)9-7-13-4-2-5-14(12-13)27-15-6-3-8-21(22,23)16(15)17(25-27)18(24)28/h2,4-5,12,30H,3,6,8,10-11H2,1H3,(H2,24,28)/t20-/m0/s1. The molecule has 1 aromatic carbocycles. The molecule has 1 saturated heterocycles. The van der Waals surface area contributed by atoms with E-state index < -0.39 is 34.6 Å². The summed E-state index contributed by atoms with van der Waals surface area (Å²) >= 11 is 0. The Hall–Kier alpha value is -3.25. The Morgan fingerprint density at radius 1 is 1.33 bits per heavy atom. The number of hydrogen-bond donors (Lipinski definition) is 2. The summed E-state index contributed by atoms with van der Waals surface area (Å²) in [6, 6.07) is 6.58. The van der Waals surface area contributed by atoms with Crippen LogP contribution in [-0.4, -0.2) is 50.8 Å². The zero-order chi connectivity index (χ0) is 21.7. The maximum atomic E-state index is 14.5. The molecule has 1 aliphatic carbocycles. The third kappa shape index (κ3) is 3.23. The molecule has 1 aliphatic heterocycles. The number of primary amides is 1. The number of alkyl halides is 2. The number of nitrogens with zero attached hydrogens (tertiary/aromatic N) is 3. The second-order valence-electron chi connectivity index (χ2n) is 7.64. The number of carbonyl (C=O) groups is 2. The quantitative estimate of drug-likeness (QED) is 0.725. The number of carbonyl (C=O) groups excluding carboxylic acids is 2. The average Bonchev–Trinajstić information content (AvgIpc) is 3.22. The van der Waals surface area contributed by atoms with E-state index in [0.717, 1.165) is 0 Å². The van der Waals surface area contributed by atoms with Crippen LogP contribution < -0.4 is 5.73 Å². The zero-order valence-corrected chi connectivity index (χ0v) is 16.3. The van der Waals surface area contributed by atoms with E-state index in [4.69, 9.17) is 5.73 Å². The zero-order valence-electron chi connectivity index (χ0n) is 16.3. The highest BCUT2D eigenvalue weighted by Gasteiger charge is 2.44. The molecular weight excluding hydrogens is 394 g/mol. The molecule has 3 N–H and O–H groups in total. The van der Waals surface area contributed by atoms with Gasteiger partial charge in [-0.25, -0.2) is 13.5 Å². The summed E-state index contributed by atoms with van der Waals surface area (Å²) in [6.45, 7) is 0.410. The van der Waals surface area contributed by atoms with Crippen LogP contribution in [0.1, 0.15) is 46.6 Å². The van der Waals surface area contributed by atoms with Crippen molar-refractivity contribution in [2.45, 2.75) is 37.2 Å². The molecule has 1 fully saturated rings. The number of hydrogen-bond acceptors (Lipinski definition) is 4. The second-order valence-corrected chi connectivity index (χ2v) is 7.64. The Labute approximate surface area is 171 Å². The topological polar surface area (TPSA) is 101 Å². The third-order valence-electron chi connectivity index (χ3n) is 5.50. The number of fused-ring (bicyclic) bond motifs is 1. The molecule has 0 radical (unpaired) electrons. The summed E-state index contributed by atoms with van der Waals surface area (Å²) in [4.78, 5) is 25.2. The predicted octanol–water partition coefficient (Wildman–Crippen LogP) is 1.34. The van der Waals surface area contributed by atoms with Gasteiger partial charge in [0.05, 0.1) is 16.9 Å². The molecule has 4 rings (SSSR count). The Morgan fingerprint density at radius 2 is 2.10 bits per heavy atom. The fourth-order valence-electron chi connectivity index (χ4n) is 3.92. The van der Waals surface area contributed by atoms with Gasteiger partial charge in [0, 0.05) is 32.0 Å². The summed E-state index contributed by atoms with van der Waals surface area (Å²) in [7, 11) is 1.59. The molecule has 2 amide bonds. The van der Waals surface area contributed by atoms with Crippen LogP contribution in [-0.2, 0) is 17.1 Å². The lowest BCUT2D eigenvalue weighted by molar-refractivity contribution is -0.137. The maximum absolute atomic E-state index is 14.5. The van der Waals surface area contributed by atoms with Crippen LogP contribution >= 0.6 is 0 Å². The first-order chi connectivity index (χ1) is 14.1. The lowest BCUT2D eigenvalue weighted by atomic mass is 9.91. The van der Waals surface area contributed by atoms with E-state index in [-0.39, 0.29) is 25.0 Å². The van der Waals surface area contributed by atoms with E-state index in [1.54, 1.807) is 31.3 Å². The van der Waals surface area contributed by atoms with Gasteiger partial charge in [-0.05, 0) is 31.0 Å². The SMILES string of the molecule is CN1CC[C@@](O)(C#Cc2cccc(-n3nc(C(N)=O)c4c3CCCC4(F)F)c2)C1=O. The highest BCUT2D eigenvalue weighted by atomic mass is 19.3. The van der Waals surface area contributed by atoms with Gasteiger partial charge in [0.25, 0.3) is 17.7 Å². The summed E-state index contributed by atoms with van der Waals surface area (Å²) in [5.41, 5.74) is 3.87. The fourth-order valence-corrected chi connectivity index (χ4v) is 3.92. The number of halogens is 2. The van der Waals surface area contributed by atoms with E-state index in [2.05, 4.69) is 16.9 Å². The molecule has 0 saturated carbocycles. The fraction of sp³-hybridized carbons (Fsp3) is 0.381. The first-order valence-electron chi connectivity index (χ1n) is 9.54. The lowest BCUT2D eigenvalue weighted by Crippen LogP contribution is -2.37. The maximum Gasteiger partial charge on any atom is 0.277 e. The number of aromatic nitrogens is 2. The van der Waals surface area contributed by atoms with Crippen LogP contribution in [0.25, 0.3) is 5.69 Å². The highest BCUT2D eigenvalue weighted by Crippen LogP contribution is 2.42. The first-order valence-corrected chi connectivity index (χ1v) is 9.54. The van der Waals surface area contributed by atoms with Gasteiger partial charge in [0.1, 0.15) is 0 Å². The van der Waals surface area contributed by atoms with Crippen molar-refractivity contribution in [2.75, 3.05) is 13.6 Å².